The normalized spacial score (nSPS) is 11.4. The van der Waals surface area contributed by atoms with Crippen LogP contribution in [0.2, 0.25) is 0 Å². The van der Waals surface area contributed by atoms with Crippen molar-refractivity contribution in [3.63, 3.8) is 0 Å². The number of anilines is 2. The number of amides is 1. The van der Waals surface area contributed by atoms with Gasteiger partial charge in [0, 0.05) is 22.8 Å². The molecule has 0 bridgehead atoms. The van der Waals surface area contributed by atoms with Gasteiger partial charge in [0.15, 0.2) is 16.1 Å². The molecule has 0 radical (unpaired) electrons. The van der Waals surface area contributed by atoms with Crippen LogP contribution in [0.3, 0.4) is 0 Å². The lowest BCUT2D eigenvalue weighted by Crippen LogP contribution is -2.14. The molecule has 13 heteroatoms. The molecule has 32 heavy (non-hydrogen) atoms. The molecule has 0 saturated carbocycles. The molecule has 4 aromatic rings. The van der Waals surface area contributed by atoms with Crippen molar-refractivity contribution in [1.82, 2.24) is 19.7 Å². The van der Waals surface area contributed by atoms with E-state index in [4.69, 9.17) is 4.42 Å². The number of sulfonamides is 1. The van der Waals surface area contributed by atoms with Crippen molar-refractivity contribution < 1.29 is 17.6 Å². The van der Waals surface area contributed by atoms with E-state index in [1.165, 1.54) is 23.1 Å². The van der Waals surface area contributed by atoms with Crippen LogP contribution in [0.25, 0.3) is 11.4 Å². The summed E-state index contributed by atoms with van der Waals surface area (Å²) < 4.78 is 32.6. The monoisotopic (exact) mass is 490 g/mol. The van der Waals surface area contributed by atoms with Crippen LogP contribution >= 0.6 is 23.1 Å². The van der Waals surface area contributed by atoms with Crippen molar-refractivity contribution in [1.29, 1.82) is 0 Å². The first kappa shape index (κ1) is 22.0. The molecule has 0 fully saturated rings. The van der Waals surface area contributed by atoms with Gasteiger partial charge in [-0.05, 0) is 36.4 Å². The number of hydrogen-bond donors (Lipinski definition) is 2. The van der Waals surface area contributed by atoms with Gasteiger partial charge in [-0.15, -0.1) is 21.5 Å². The number of carbonyl (C=O) groups excluding carboxylic acids is 1. The number of aromatic nitrogens is 4. The highest BCUT2D eigenvalue weighted by molar-refractivity contribution is 7.99. The Balaban J connectivity index is 1.55. The van der Waals surface area contributed by atoms with Crippen LogP contribution in [0, 0.1) is 0 Å². The third-order valence-electron chi connectivity index (χ3n) is 4.07. The van der Waals surface area contributed by atoms with E-state index in [9.17, 15) is 13.2 Å². The Morgan fingerprint density at radius 3 is 2.69 bits per heavy atom. The van der Waals surface area contributed by atoms with E-state index in [-0.39, 0.29) is 11.7 Å². The third kappa shape index (κ3) is 5.75. The first-order chi connectivity index (χ1) is 15.4. The van der Waals surface area contributed by atoms with Crippen LogP contribution in [0.4, 0.5) is 10.8 Å². The Morgan fingerprint density at radius 2 is 2.03 bits per heavy atom. The molecule has 2 N–H and O–H groups in total. The molecule has 0 aliphatic carbocycles. The van der Waals surface area contributed by atoms with Gasteiger partial charge in [-0.25, -0.2) is 13.4 Å². The summed E-state index contributed by atoms with van der Waals surface area (Å²) in [6.07, 6.45) is 4.30. The lowest BCUT2D eigenvalue weighted by Gasteiger charge is -2.10. The number of furan rings is 1. The average Bonchev–Trinajstić information content (AvgIpc) is 3.49. The van der Waals surface area contributed by atoms with Crippen molar-refractivity contribution >= 4 is 49.8 Å². The first-order valence-electron chi connectivity index (χ1n) is 9.23. The Bertz CT molecular complexity index is 1280. The molecule has 3 aromatic heterocycles. The van der Waals surface area contributed by atoms with Crippen molar-refractivity contribution in [3.05, 3.63) is 60.0 Å². The van der Waals surface area contributed by atoms with E-state index in [0.29, 0.717) is 34.1 Å². The summed E-state index contributed by atoms with van der Waals surface area (Å²) in [6.45, 7) is 0.370. The van der Waals surface area contributed by atoms with Crippen molar-refractivity contribution in [3.8, 4) is 11.4 Å². The third-order valence-corrected chi connectivity index (χ3v) is 6.33. The van der Waals surface area contributed by atoms with Crippen LogP contribution < -0.4 is 10.0 Å². The van der Waals surface area contributed by atoms with Gasteiger partial charge in [-0.3, -0.25) is 14.1 Å². The number of rotatable bonds is 9. The lowest BCUT2D eigenvalue weighted by atomic mass is 10.2. The van der Waals surface area contributed by atoms with Gasteiger partial charge in [-0.1, -0.05) is 11.8 Å². The van der Waals surface area contributed by atoms with E-state index < -0.39 is 10.0 Å². The van der Waals surface area contributed by atoms with Crippen LogP contribution in [0.1, 0.15) is 5.76 Å². The zero-order valence-electron chi connectivity index (χ0n) is 16.8. The van der Waals surface area contributed by atoms with Gasteiger partial charge in [0.25, 0.3) is 0 Å². The highest BCUT2D eigenvalue weighted by Crippen LogP contribution is 2.27. The zero-order valence-corrected chi connectivity index (χ0v) is 19.2. The predicted molar refractivity (Wildman–Crippen MR) is 123 cm³/mol. The van der Waals surface area contributed by atoms with Crippen LogP contribution in [-0.4, -0.2) is 46.1 Å². The summed E-state index contributed by atoms with van der Waals surface area (Å²) in [5.41, 5.74) is 1.18. The first-order valence-corrected chi connectivity index (χ1v) is 13.0. The minimum absolute atomic E-state index is 0.132. The number of nitrogens with one attached hydrogen (secondary N) is 2. The topological polar surface area (TPSA) is 132 Å². The minimum Gasteiger partial charge on any atom is -0.467 e. The number of hydrogen-bond acceptors (Lipinski definition) is 9. The largest absolute Gasteiger partial charge is 0.467 e. The van der Waals surface area contributed by atoms with Gasteiger partial charge >= 0.3 is 0 Å². The van der Waals surface area contributed by atoms with Crippen LogP contribution in [0.5, 0.6) is 0 Å². The fraction of sp³-hybridized carbons (Fsp3) is 0.158. The summed E-state index contributed by atoms with van der Waals surface area (Å²) in [4.78, 5) is 16.3. The van der Waals surface area contributed by atoms with E-state index in [2.05, 4.69) is 25.2 Å². The molecule has 1 amide bonds. The molecule has 0 atom stereocenters. The Labute approximate surface area is 192 Å². The molecular weight excluding hydrogens is 472 g/mol. The number of thioether (sulfide) groups is 1. The van der Waals surface area contributed by atoms with Gasteiger partial charge in [0.1, 0.15) is 5.76 Å². The van der Waals surface area contributed by atoms with Gasteiger partial charge in [0.2, 0.25) is 15.9 Å². The van der Waals surface area contributed by atoms with E-state index >= 15 is 0 Å². The minimum atomic E-state index is -3.37. The highest BCUT2D eigenvalue weighted by Gasteiger charge is 2.17. The Kier molecular flexibility index (Phi) is 6.58. The summed E-state index contributed by atoms with van der Waals surface area (Å²) in [5.74, 6) is 1.20. The number of benzene rings is 1. The number of thiazole rings is 1. The summed E-state index contributed by atoms with van der Waals surface area (Å²) >= 11 is 2.59. The van der Waals surface area contributed by atoms with Gasteiger partial charge in [0.05, 0.1) is 24.8 Å². The van der Waals surface area contributed by atoms with E-state index in [1.54, 1.807) is 48.2 Å². The molecule has 0 unspecified atom stereocenters. The fourth-order valence-electron chi connectivity index (χ4n) is 2.78. The second-order valence-electron chi connectivity index (χ2n) is 6.60. The summed E-state index contributed by atoms with van der Waals surface area (Å²) in [5, 5.41) is 14.2. The lowest BCUT2D eigenvalue weighted by molar-refractivity contribution is -0.113. The zero-order chi connectivity index (χ0) is 22.6. The molecule has 0 aliphatic rings. The average molecular weight is 491 g/mol. The molecule has 1 aromatic carbocycles. The smallest absolute Gasteiger partial charge is 0.236 e. The molecule has 0 aliphatic heterocycles. The molecule has 10 nitrogen and oxygen atoms in total. The Morgan fingerprint density at radius 1 is 1.22 bits per heavy atom. The number of carbonyl (C=O) groups is 1. The quantitative estimate of drug-likeness (QED) is 0.342. The molecule has 166 valence electrons. The second-order valence-corrected chi connectivity index (χ2v) is 10.2. The van der Waals surface area contributed by atoms with Crippen LogP contribution in [0.15, 0.2) is 63.8 Å². The molecule has 4 rings (SSSR count). The summed E-state index contributed by atoms with van der Waals surface area (Å²) in [7, 11) is -3.37. The van der Waals surface area contributed by atoms with E-state index in [0.717, 1.165) is 11.8 Å². The molecular formula is C19H18N6O4S3. The van der Waals surface area contributed by atoms with Crippen molar-refractivity contribution in [2.75, 3.05) is 22.0 Å². The van der Waals surface area contributed by atoms with Crippen molar-refractivity contribution in [2.45, 2.75) is 11.7 Å². The van der Waals surface area contributed by atoms with Gasteiger partial charge in [-0.2, -0.15) is 0 Å². The van der Waals surface area contributed by atoms with Crippen molar-refractivity contribution in [2.24, 2.45) is 0 Å². The standard InChI is InChI=1S/C19H18N6O4S3/c1-32(27,28)24-14-6-4-13(5-7-14)17-22-23-19(25(17)11-15-3-2-9-29-15)31-12-16(26)21-18-20-8-10-30-18/h2-10,24H,11-12H2,1H3,(H,20,21,26). The molecule has 0 spiro atoms. The highest BCUT2D eigenvalue weighted by atomic mass is 32.2. The Hall–Kier alpha value is -3.16. The van der Waals surface area contributed by atoms with E-state index in [1.807, 2.05) is 10.6 Å². The fourth-order valence-corrected chi connectivity index (χ4v) is 4.63. The van der Waals surface area contributed by atoms with Crippen LogP contribution in [-0.2, 0) is 21.4 Å². The summed E-state index contributed by atoms with van der Waals surface area (Å²) in [6, 6.07) is 10.4. The van der Waals surface area contributed by atoms with Gasteiger partial charge < -0.3 is 9.73 Å². The maximum Gasteiger partial charge on any atom is 0.236 e. The SMILES string of the molecule is CS(=O)(=O)Nc1ccc(-c2nnc(SCC(=O)Nc3nccs3)n2Cc2ccco2)cc1. The predicted octanol–water partition coefficient (Wildman–Crippen LogP) is 3.15. The number of nitrogens with zero attached hydrogens (tertiary/aromatic N) is 4. The molecule has 0 saturated heterocycles. The maximum absolute atomic E-state index is 12.2. The maximum atomic E-state index is 12.2. The second kappa shape index (κ2) is 9.54. The molecule has 3 heterocycles.